The van der Waals surface area contributed by atoms with Crippen molar-refractivity contribution < 1.29 is 9.72 Å². The number of nitro groups is 1. The van der Waals surface area contributed by atoms with E-state index in [0.29, 0.717) is 19.3 Å². The average molecular weight is 173 g/mol. The topological polar surface area (TPSA) is 60.2 Å². The molecule has 0 amide bonds. The third-order valence-electron chi connectivity index (χ3n) is 1.81. The Kier molecular flexibility index (Phi) is 3.86. The second kappa shape index (κ2) is 4.18. The van der Waals surface area contributed by atoms with E-state index >= 15 is 0 Å². The molecule has 12 heavy (non-hydrogen) atoms. The van der Waals surface area contributed by atoms with Crippen molar-refractivity contribution in [1.82, 2.24) is 0 Å². The molecule has 0 unspecified atom stereocenters. The normalized spacial score (nSPS) is 11.2. The number of carbonyl (C=O) groups excluding carboxylic acids is 1. The van der Waals surface area contributed by atoms with E-state index in [1.807, 2.05) is 0 Å². The lowest BCUT2D eigenvalue weighted by Crippen LogP contribution is -2.30. The molecular formula is C8H15NO3. The van der Waals surface area contributed by atoms with Crippen molar-refractivity contribution in [2.24, 2.45) is 0 Å². The maximum atomic E-state index is 10.5. The first-order valence-corrected chi connectivity index (χ1v) is 4.00. The van der Waals surface area contributed by atoms with Gasteiger partial charge < -0.3 is 4.79 Å². The van der Waals surface area contributed by atoms with Crippen LogP contribution in [-0.2, 0) is 4.79 Å². The van der Waals surface area contributed by atoms with Gasteiger partial charge in [-0.15, -0.1) is 0 Å². The molecule has 0 atom stereocenters. The Bertz CT molecular complexity index is 187. The zero-order chi connectivity index (χ0) is 9.78. The van der Waals surface area contributed by atoms with Crippen molar-refractivity contribution in [1.29, 1.82) is 0 Å². The van der Waals surface area contributed by atoms with E-state index in [1.54, 1.807) is 13.8 Å². The SMILES string of the molecule is CC(=O)CCCC(C)(C)[N+](=O)[O-]. The van der Waals surface area contributed by atoms with Crippen molar-refractivity contribution in [2.75, 3.05) is 0 Å². The molecule has 70 valence electrons. The second-order valence-corrected chi connectivity index (χ2v) is 3.63. The van der Waals surface area contributed by atoms with Gasteiger partial charge in [0.1, 0.15) is 5.78 Å². The summed E-state index contributed by atoms with van der Waals surface area (Å²) in [6.07, 6.45) is 1.50. The summed E-state index contributed by atoms with van der Waals surface area (Å²) in [6, 6.07) is 0. The Morgan fingerprint density at radius 3 is 2.33 bits per heavy atom. The largest absolute Gasteiger partial charge is 0.300 e. The van der Waals surface area contributed by atoms with Crippen LogP contribution in [0.2, 0.25) is 0 Å². The summed E-state index contributed by atoms with van der Waals surface area (Å²) in [7, 11) is 0. The van der Waals surface area contributed by atoms with Crippen LogP contribution in [0.15, 0.2) is 0 Å². The number of carbonyl (C=O) groups is 1. The number of hydrogen-bond donors (Lipinski definition) is 0. The van der Waals surface area contributed by atoms with Crippen molar-refractivity contribution in [3.8, 4) is 0 Å². The lowest BCUT2D eigenvalue weighted by molar-refractivity contribution is -0.561. The van der Waals surface area contributed by atoms with Crippen LogP contribution in [-0.4, -0.2) is 16.2 Å². The molecule has 0 rings (SSSR count). The first kappa shape index (κ1) is 11.1. The first-order valence-electron chi connectivity index (χ1n) is 4.00. The Labute approximate surface area is 72.1 Å². The van der Waals surface area contributed by atoms with Crippen LogP contribution in [0.5, 0.6) is 0 Å². The van der Waals surface area contributed by atoms with Gasteiger partial charge in [-0.25, -0.2) is 0 Å². The molecule has 0 saturated carbocycles. The molecule has 0 aromatic heterocycles. The van der Waals surface area contributed by atoms with E-state index in [-0.39, 0.29) is 10.7 Å². The summed E-state index contributed by atoms with van der Waals surface area (Å²) in [5.41, 5.74) is -0.893. The van der Waals surface area contributed by atoms with Crippen LogP contribution >= 0.6 is 0 Å². The van der Waals surface area contributed by atoms with E-state index in [4.69, 9.17) is 0 Å². The van der Waals surface area contributed by atoms with E-state index in [9.17, 15) is 14.9 Å². The molecule has 4 nitrogen and oxygen atoms in total. The standard InChI is InChI=1S/C8H15NO3/c1-7(10)5-4-6-8(2,3)9(11)12/h4-6H2,1-3H3. The van der Waals surface area contributed by atoms with Gasteiger partial charge in [0.25, 0.3) is 0 Å². The molecule has 0 aliphatic rings. The summed E-state index contributed by atoms with van der Waals surface area (Å²) in [5, 5.41) is 10.4. The van der Waals surface area contributed by atoms with Gasteiger partial charge in [0.15, 0.2) is 0 Å². The van der Waals surface area contributed by atoms with Gasteiger partial charge in [-0.3, -0.25) is 10.1 Å². The minimum atomic E-state index is -0.893. The molecule has 4 heteroatoms. The van der Waals surface area contributed by atoms with E-state index in [2.05, 4.69) is 0 Å². The van der Waals surface area contributed by atoms with Crippen LogP contribution in [0.25, 0.3) is 0 Å². The number of Topliss-reactive ketones (excluding diaryl/α,β-unsaturated/α-hetero) is 1. The van der Waals surface area contributed by atoms with Crippen LogP contribution < -0.4 is 0 Å². The summed E-state index contributed by atoms with van der Waals surface area (Å²) >= 11 is 0. The van der Waals surface area contributed by atoms with Gasteiger partial charge in [-0.05, 0) is 13.3 Å². The molecule has 0 radical (unpaired) electrons. The third kappa shape index (κ3) is 4.05. The fourth-order valence-corrected chi connectivity index (χ4v) is 0.861. The van der Waals surface area contributed by atoms with E-state index < -0.39 is 5.54 Å². The van der Waals surface area contributed by atoms with Gasteiger partial charge in [0.05, 0.1) is 0 Å². The monoisotopic (exact) mass is 173 g/mol. The lowest BCUT2D eigenvalue weighted by atomic mass is 9.98. The molecule has 0 heterocycles. The van der Waals surface area contributed by atoms with Gasteiger partial charge >= 0.3 is 0 Å². The van der Waals surface area contributed by atoms with Crippen LogP contribution in [0.4, 0.5) is 0 Å². The van der Waals surface area contributed by atoms with Crippen molar-refractivity contribution in [3.63, 3.8) is 0 Å². The Morgan fingerprint density at radius 2 is 2.00 bits per heavy atom. The smallest absolute Gasteiger partial charge is 0.216 e. The summed E-state index contributed by atoms with van der Waals surface area (Å²) in [4.78, 5) is 20.6. The fraction of sp³-hybridized carbons (Fsp3) is 0.875. The second-order valence-electron chi connectivity index (χ2n) is 3.63. The zero-order valence-electron chi connectivity index (χ0n) is 7.79. The molecule has 0 saturated heterocycles. The summed E-state index contributed by atoms with van der Waals surface area (Å²) < 4.78 is 0. The molecule has 0 fully saturated rings. The quantitative estimate of drug-likeness (QED) is 0.470. The van der Waals surface area contributed by atoms with Gasteiger partial charge in [-0.1, -0.05) is 0 Å². The minimum Gasteiger partial charge on any atom is -0.300 e. The van der Waals surface area contributed by atoms with Crippen molar-refractivity contribution in [3.05, 3.63) is 10.1 Å². The number of hydrogen-bond acceptors (Lipinski definition) is 3. The molecule has 0 N–H and O–H groups in total. The predicted molar refractivity (Wildman–Crippen MR) is 45.6 cm³/mol. The Balaban J connectivity index is 3.76. The minimum absolute atomic E-state index is 0.0918. The van der Waals surface area contributed by atoms with Crippen LogP contribution in [0.1, 0.15) is 40.0 Å². The predicted octanol–water partition coefficient (Wildman–Crippen LogP) is 1.80. The molecule has 0 spiro atoms. The highest BCUT2D eigenvalue weighted by Crippen LogP contribution is 2.16. The highest BCUT2D eigenvalue weighted by Gasteiger charge is 2.29. The maximum absolute atomic E-state index is 10.5. The maximum Gasteiger partial charge on any atom is 0.216 e. The molecular weight excluding hydrogens is 158 g/mol. The number of ketones is 1. The van der Waals surface area contributed by atoms with Gasteiger partial charge in [0.2, 0.25) is 5.54 Å². The van der Waals surface area contributed by atoms with Crippen LogP contribution in [0, 0.1) is 10.1 Å². The molecule has 0 aromatic rings. The number of rotatable bonds is 5. The first-order chi connectivity index (χ1) is 5.36. The van der Waals surface area contributed by atoms with Gasteiger partial charge in [-0.2, -0.15) is 0 Å². The summed E-state index contributed by atoms with van der Waals surface area (Å²) in [6.45, 7) is 4.65. The molecule has 0 bridgehead atoms. The number of nitrogens with zero attached hydrogens (tertiary/aromatic N) is 1. The third-order valence-corrected chi connectivity index (χ3v) is 1.81. The molecule has 0 aliphatic carbocycles. The van der Waals surface area contributed by atoms with Crippen molar-refractivity contribution in [2.45, 2.75) is 45.6 Å². The zero-order valence-corrected chi connectivity index (χ0v) is 7.79. The average Bonchev–Trinajstić information content (AvgIpc) is 1.85. The molecule has 0 aromatic carbocycles. The summed E-state index contributed by atoms with van der Waals surface area (Å²) in [5.74, 6) is 0.0918. The van der Waals surface area contributed by atoms with Crippen LogP contribution in [0.3, 0.4) is 0 Å². The Morgan fingerprint density at radius 1 is 1.50 bits per heavy atom. The van der Waals surface area contributed by atoms with Gasteiger partial charge in [0, 0.05) is 31.6 Å². The highest BCUT2D eigenvalue weighted by molar-refractivity contribution is 5.75. The Hall–Kier alpha value is -0.930. The molecule has 0 aliphatic heterocycles. The lowest BCUT2D eigenvalue weighted by Gasteiger charge is -2.14. The van der Waals surface area contributed by atoms with E-state index in [1.165, 1.54) is 6.92 Å². The fourth-order valence-electron chi connectivity index (χ4n) is 0.861. The van der Waals surface area contributed by atoms with E-state index in [0.717, 1.165) is 0 Å². The highest BCUT2D eigenvalue weighted by atomic mass is 16.6. The van der Waals surface area contributed by atoms with Crippen molar-refractivity contribution >= 4 is 5.78 Å².